The highest BCUT2D eigenvalue weighted by atomic mass is 127. The number of aromatic hydroxyl groups is 1. The third-order valence-electron chi connectivity index (χ3n) is 1.80. The highest BCUT2D eigenvalue weighted by Gasteiger charge is 2.15. The molecule has 4 heteroatoms. The Hall–Kier alpha value is -0.490. The van der Waals surface area contributed by atoms with Crippen LogP contribution in [0.3, 0.4) is 0 Å². The van der Waals surface area contributed by atoms with Crippen molar-refractivity contribution in [3.63, 3.8) is 0 Å². The lowest BCUT2D eigenvalue weighted by atomic mass is 10.1. The van der Waals surface area contributed by atoms with Gasteiger partial charge in [-0.2, -0.15) is 0 Å². The van der Waals surface area contributed by atoms with E-state index in [4.69, 9.17) is 4.84 Å². The second kappa shape index (κ2) is 3.10. The zero-order valence-electron chi connectivity index (χ0n) is 6.33. The lowest BCUT2D eigenvalue weighted by Gasteiger charge is -2.22. The van der Waals surface area contributed by atoms with Crippen molar-refractivity contribution in [2.75, 3.05) is 6.54 Å². The van der Waals surface area contributed by atoms with E-state index >= 15 is 0 Å². The Bertz CT molecular complexity index is 303. The van der Waals surface area contributed by atoms with Crippen LogP contribution in [0.15, 0.2) is 18.2 Å². The second-order valence-corrected chi connectivity index (χ2v) is 3.75. The number of hydroxylamine groups is 1. The smallest absolute Gasteiger partial charge is 0.152 e. The van der Waals surface area contributed by atoms with Crippen molar-refractivity contribution in [1.82, 2.24) is 3.28 Å². The quantitative estimate of drug-likeness (QED) is 0.580. The number of phenolic OH excluding ortho intramolecular Hbond substituents is 1. The highest BCUT2D eigenvalue weighted by molar-refractivity contribution is 14.1. The van der Waals surface area contributed by atoms with E-state index in [9.17, 15) is 5.11 Å². The summed E-state index contributed by atoms with van der Waals surface area (Å²) in [7, 11) is 0. The summed E-state index contributed by atoms with van der Waals surface area (Å²) in [5, 5.41) is 9.18. The summed E-state index contributed by atoms with van der Waals surface area (Å²) >= 11 is 2.11. The molecule has 0 fully saturated rings. The van der Waals surface area contributed by atoms with Crippen molar-refractivity contribution in [2.45, 2.75) is 6.42 Å². The Labute approximate surface area is 84.4 Å². The number of fused-ring (bicyclic) bond motifs is 1. The molecule has 1 heterocycles. The molecule has 0 amide bonds. The van der Waals surface area contributed by atoms with Gasteiger partial charge in [-0.1, -0.05) is 3.28 Å². The van der Waals surface area contributed by atoms with Gasteiger partial charge in [-0.25, -0.2) is 0 Å². The average Bonchev–Trinajstić information content (AvgIpc) is 2.05. The SMILES string of the molecule is Oc1ccc2c(c1)CCN(I)O2. The number of benzene rings is 1. The van der Waals surface area contributed by atoms with Crippen LogP contribution in [-0.4, -0.2) is 14.9 Å². The van der Waals surface area contributed by atoms with Gasteiger partial charge in [0.15, 0.2) is 5.75 Å². The molecule has 64 valence electrons. The maximum atomic E-state index is 9.18. The number of halogens is 1. The van der Waals surface area contributed by atoms with Gasteiger partial charge in [-0.05, 0) is 24.6 Å². The van der Waals surface area contributed by atoms with Gasteiger partial charge >= 0.3 is 0 Å². The average molecular weight is 277 g/mol. The van der Waals surface area contributed by atoms with Crippen LogP contribution in [0.4, 0.5) is 0 Å². The summed E-state index contributed by atoms with van der Waals surface area (Å²) in [6.45, 7) is 0.858. The molecule has 1 aliphatic heterocycles. The minimum Gasteiger partial charge on any atom is -0.508 e. The third-order valence-corrected chi connectivity index (χ3v) is 2.48. The summed E-state index contributed by atoms with van der Waals surface area (Å²) in [4.78, 5) is 5.40. The Morgan fingerprint density at radius 2 is 2.33 bits per heavy atom. The molecule has 1 N–H and O–H groups in total. The van der Waals surface area contributed by atoms with Gasteiger partial charge < -0.3 is 9.94 Å². The molecule has 0 aliphatic carbocycles. The molecule has 1 aromatic rings. The van der Waals surface area contributed by atoms with Crippen molar-refractivity contribution in [2.24, 2.45) is 0 Å². The summed E-state index contributed by atoms with van der Waals surface area (Å²) < 4.78 is 1.76. The Kier molecular flexibility index (Phi) is 2.10. The van der Waals surface area contributed by atoms with Crippen LogP contribution in [0, 0.1) is 0 Å². The molecule has 0 saturated carbocycles. The first kappa shape index (κ1) is 8.12. The van der Waals surface area contributed by atoms with E-state index < -0.39 is 0 Å². The molecular weight excluding hydrogens is 269 g/mol. The van der Waals surface area contributed by atoms with Crippen molar-refractivity contribution in [3.05, 3.63) is 23.8 Å². The number of hydrogen-bond donors (Lipinski definition) is 1. The fourth-order valence-corrected chi connectivity index (χ4v) is 1.66. The van der Waals surface area contributed by atoms with E-state index in [2.05, 4.69) is 22.9 Å². The topological polar surface area (TPSA) is 32.7 Å². The van der Waals surface area contributed by atoms with E-state index in [1.54, 1.807) is 21.5 Å². The van der Waals surface area contributed by atoms with Gasteiger partial charge in [0.05, 0.1) is 22.9 Å². The van der Waals surface area contributed by atoms with Crippen LogP contribution in [0.5, 0.6) is 11.5 Å². The summed E-state index contributed by atoms with van der Waals surface area (Å²) in [6, 6.07) is 5.17. The molecule has 3 nitrogen and oxygen atoms in total. The summed E-state index contributed by atoms with van der Waals surface area (Å²) in [5.74, 6) is 1.15. The zero-order chi connectivity index (χ0) is 8.55. The number of nitrogens with zero attached hydrogens (tertiary/aromatic N) is 1. The van der Waals surface area contributed by atoms with Gasteiger partial charge in [0, 0.05) is 12.1 Å². The van der Waals surface area contributed by atoms with E-state index in [1.807, 2.05) is 0 Å². The van der Waals surface area contributed by atoms with Gasteiger partial charge in [0.1, 0.15) is 5.75 Å². The van der Waals surface area contributed by atoms with Crippen molar-refractivity contribution < 1.29 is 9.94 Å². The molecule has 0 bridgehead atoms. The largest absolute Gasteiger partial charge is 0.508 e. The zero-order valence-corrected chi connectivity index (χ0v) is 8.48. The van der Waals surface area contributed by atoms with Crippen molar-refractivity contribution >= 4 is 22.9 Å². The fourth-order valence-electron chi connectivity index (χ4n) is 1.21. The van der Waals surface area contributed by atoms with E-state index in [-0.39, 0.29) is 0 Å². The molecular formula is C8H8INO2. The lowest BCUT2D eigenvalue weighted by Crippen LogP contribution is -2.24. The second-order valence-electron chi connectivity index (χ2n) is 2.67. The van der Waals surface area contributed by atoms with Gasteiger partial charge in [-0.3, -0.25) is 0 Å². The first-order valence-electron chi connectivity index (χ1n) is 3.69. The first-order chi connectivity index (χ1) is 5.75. The predicted octanol–water partition coefficient (Wildman–Crippen LogP) is 1.89. The van der Waals surface area contributed by atoms with E-state index in [1.165, 1.54) is 0 Å². The van der Waals surface area contributed by atoms with Gasteiger partial charge in [0.25, 0.3) is 0 Å². The molecule has 0 aromatic heterocycles. The maximum absolute atomic E-state index is 9.18. The molecule has 1 aliphatic rings. The van der Waals surface area contributed by atoms with Crippen molar-refractivity contribution in [3.8, 4) is 11.5 Å². The van der Waals surface area contributed by atoms with Crippen LogP contribution < -0.4 is 4.84 Å². The third kappa shape index (κ3) is 1.49. The highest BCUT2D eigenvalue weighted by Crippen LogP contribution is 2.28. The van der Waals surface area contributed by atoms with Gasteiger partial charge in [-0.15, -0.1) is 0 Å². The minimum absolute atomic E-state index is 0.305. The molecule has 0 spiro atoms. The Morgan fingerprint density at radius 3 is 3.17 bits per heavy atom. The summed E-state index contributed by atoms with van der Waals surface area (Å²) in [6.07, 6.45) is 0.923. The van der Waals surface area contributed by atoms with Gasteiger partial charge in [0.2, 0.25) is 0 Å². The monoisotopic (exact) mass is 277 g/mol. The molecule has 0 atom stereocenters. The van der Waals surface area contributed by atoms with E-state index in [0.29, 0.717) is 5.75 Å². The molecule has 0 unspecified atom stereocenters. The molecule has 1 aromatic carbocycles. The lowest BCUT2D eigenvalue weighted by molar-refractivity contribution is 0.0605. The standard InChI is InChI=1S/C8H8INO2/c9-10-4-3-6-5-7(11)1-2-8(6)12-10/h1-2,5,11H,3-4H2. The van der Waals surface area contributed by atoms with Crippen LogP contribution in [0.2, 0.25) is 0 Å². The number of phenols is 1. The molecule has 12 heavy (non-hydrogen) atoms. The Morgan fingerprint density at radius 1 is 1.50 bits per heavy atom. The fraction of sp³-hybridized carbons (Fsp3) is 0.250. The number of rotatable bonds is 0. The first-order valence-corrected chi connectivity index (χ1v) is 4.65. The van der Waals surface area contributed by atoms with Crippen LogP contribution in [0.1, 0.15) is 5.56 Å². The van der Waals surface area contributed by atoms with Crippen LogP contribution in [0.25, 0.3) is 0 Å². The predicted molar refractivity (Wildman–Crippen MR) is 53.2 cm³/mol. The minimum atomic E-state index is 0.305. The number of hydrogen-bond acceptors (Lipinski definition) is 3. The molecule has 2 rings (SSSR count). The van der Waals surface area contributed by atoms with Crippen LogP contribution >= 0.6 is 22.9 Å². The summed E-state index contributed by atoms with van der Waals surface area (Å²) in [5.41, 5.74) is 1.07. The van der Waals surface area contributed by atoms with E-state index in [0.717, 1.165) is 24.3 Å². The van der Waals surface area contributed by atoms with Crippen LogP contribution in [-0.2, 0) is 6.42 Å². The maximum Gasteiger partial charge on any atom is 0.152 e. The Balaban J connectivity index is 2.37. The van der Waals surface area contributed by atoms with Crippen molar-refractivity contribution in [1.29, 1.82) is 0 Å². The molecule has 0 saturated heterocycles. The molecule has 0 radical (unpaired) electrons. The normalized spacial score (nSPS) is 16.8.